The zero-order chi connectivity index (χ0) is 12.7. The summed E-state index contributed by atoms with van der Waals surface area (Å²) >= 11 is 3.33. The van der Waals surface area contributed by atoms with Crippen molar-refractivity contribution in [3.8, 4) is 0 Å². The maximum atomic E-state index is 11.0. The molecule has 0 aliphatic rings. The third-order valence-corrected chi connectivity index (χ3v) is 2.89. The van der Waals surface area contributed by atoms with Crippen LogP contribution < -0.4 is 4.90 Å². The molecule has 5 heteroatoms. The largest absolute Gasteiger partial charge is 0.395 e. The van der Waals surface area contributed by atoms with Crippen molar-refractivity contribution >= 4 is 27.9 Å². The summed E-state index contributed by atoms with van der Waals surface area (Å²) in [4.78, 5) is 13.0. The van der Waals surface area contributed by atoms with Crippen molar-refractivity contribution in [2.45, 2.75) is 0 Å². The van der Waals surface area contributed by atoms with E-state index in [1.54, 1.807) is 13.2 Å². The van der Waals surface area contributed by atoms with E-state index in [1.165, 1.54) is 0 Å². The Balaban J connectivity index is 2.95. The summed E-state index contributed by atoms with van der Waals surface area (Å²) in [6.07, 6.45) is 0.817. The van der Waals surface area contributed by atoms with Gasteiger partial charge >= 0.3 is 0 Å². The number of aliphatic hydroxyl groups is 1. The molecule has 1 rings (SSSR count). The fourth-order valence-electron chi connectivity index (χ4n) is 1.58. The van der Waals surface area contributed by atoms with Crippen molar-refractivity contribution in [1.29, 1.82) is 0 Å². The third-order valence-electron chi connectivity index (χ3n) is 2.39. The zero-order valence-corrected chi connectivity index (χ0v) is 11.3. The lowest BCUT2D eigenvalue weighted by Gasteiger charge is -2.25. The first-order valence-corrected chi connectivity index (χ1v) is 6.11. The molecule has 4 nitrogen and oxygen atoms in total. The molecular formula is C12H16BrNO3. The van der Waals surface area contributed by atoms with Gasteiger partial charge in [-0.15, -0.1) is 0 Å². The van der Waals surface area contributed by atoms with Crippen molar-refractivity contribution in [2.24, 2.45) is 0 Å². The van der Waals surface area contributed by atoms with Crippen LogP contribution in [0.15, 0.2) is 22.7 Å². The molecule has 0 aromatic heterocycles. The highest BCUT2D eigenvalue weighted by Crippen LogP contribution is 2.23. The topological polar surface area (TPSA) is 49.8 Å². The van der Waals surface area contributed by atoms with Crippen molar-refractivity contribution in [1.82, 2.24) is 0 Å². The molecule has 0 saturated carbocycles. The average Bonchev–Trinajstić information content (AvgIpc) is 2.34. The highest BCUT2D eigenvalue weighted by Gasteiger charge is 2.10. The predicted molar refractivity (Wildman–Crippen MR) is 70.7 cm³/mol. The van der Waals surface area contributed by atoms with Gasteiger partial charge in [0.25, 0.3) is 0 Å². The molecular weight excluding hydrogens is 286 g/mol. The minimum absolute atomic E-state index is 0.0398. The molecule has 94 valence electrons. The molecule has 0 radical (unpaired) electrons. The molecule has 0 fully saturated rings. The van der Waals surface area contributed by atoms with Gasteiger partial charge in [-0.3, -0.25) is 4.79 Å². The second kappa shape index (κ2) is 7.42. The Labute approximate surface area is 109 Å². The molecule has 0 saturated heterocycles. The monoisotopic (exact) mass is 301 g/mol. The second-order valence-electron chi connectivity index (χ2n) is 3.52. The molecule has 0 spiro atoms. The average molecular weight is 302 g/mol. The SMILES string of the molecule is COCCN(CCO)c1ccc(Br)cc1C=O. The standard InChI is InChI=1S/C12H16BrNO3/c1-17-7-5-14(4-6-15)12-3-2-11(13)8-10(12)9-16/h2-3,8-9,15H,4-7H2,1H3. The number of methoxy groups -OCH3 is 1. The molecule has 1 N–H and O–H groups in total. The van der Waals surface area contributed by atoms with Gasteiger partial charge in [0.05, 0.1) is 13.2 Å². The fraction of sp³-hybridized carbons (Fsp3) is 0.417. The Hall–Kier alpha value is -0.910. The lowest BCUT2D eigenvalue weighted by molar-refractivity contribution is 0.112. The quantitative estimate of drug-likeness (QED) is 0.779. The van der Waals surface area contributed by atoms with Gasteiger partial charge in [0.1, 0.15) is 0 Å². The summed E-state index contributed by atoms with van der Waals surface area (Å²) in [7, 11) is 1.62. The highest BCUT2D eigenvalue weighted by atomic mass is 79.9. The van der Waals surface area contributed by atoms with Gasteiger partial charge in [-0.1, -0.05) is 15.9 Å². The van der Waals surface area contributed by atoms with Gasteiger partial charge in [-0.25, -0.2) is 0 Å². The van der Waals surface area contributed by atoms with Crippen LogP contribution in [0.2, 0.25) is 0 Å². The van der Waals surface area contributed by atoms with Gasteiger partial charge in [0.15, 0.2) is 6.29 Å². The number of rotatable bonds is 7. The van der Waals surface area contributed by atoms with Crippen molar-refractivity contribution < 1.29 is 14.6 Å². The number of anilines is 1. The van der Waals surface area contributed by atoms with E-state index in [1.807, 2.05) is 17.0 Å². The Morgan fingerprint density at radius 1 is 1.47 bits per heavy atom. The minimum Gasteiger partial charge on any atom is -0.395 e. The van der Waals surface area contributed by atoms with Crippen LogP contribution in [-0.2, 0) is 4.74 Å². The summed E-state index contributed by atoms with van der Waals surface area (Å²) in [5.41, 5.74) is 1.42. The van der Waals surface area contributed by atoms with Crippen LogP contribution in [0.5, 0.6) is 0 Å². The van der Waals surface area contributed by atoms with Crippen molar-refractivity contribution in [3.05, 3.63) is 28.2 Å². The highest BCUT2D eigenvalue weighted by molar-refractivity contribution is 9.10. The van der Waals surface area contributed by atoms with Crippen LogP contribution in [0.25, 0.3) is 0 Å². The van der Waals surface area contributed by atoms with E-state index in [2.05, 4.69) is 15.9 Å². The summed E-state index contributed by atoms with van der Waals surface area (Å²) < 4.78 is 5.88. The van der Waals surface area contributed by atoms with E-state index in [0.717, 1.165) is 16.4 Å². The van der Waals surface area contributed by atoms with Crippen molar-refractivity contribution in [2.75, 3.05) is 38.3 Å². The molecule has 0 aliphatic heterocycles. The number of ether oxygens (including phenoxy) is 1. The number of hydrogen-bond donors (Lipinski definition) is 1. The van der Waals surface area contributed by atoms with Crippen LogP contribution in [0.4, 0.5) is 5.69 Å². The maximum Gasteiger partial charge on any atom is 0.152 e. The molecule has 17 heavy (non-hydrogen) atoms. The smallest absolute Gasteiger partial charge is 0.152 e. The van der Waals surface area contributed by atoms with E-state index < -0.39 is 0 Å². The van der Waals surface area contributed by atoms with Crippen LogP contribution in [-0.4, -0.2) is 44.8 Å². The maximum absolute atomic E-state index is 11.0. The van der Waals surface area contributed by atoms with E-state index in [4.69, 9.17) is 9.84 Å². The fourth-order valence-corrected chi connectivity index (χ4v) is 1.96. The van der Waals surface area contributed by atoms with E-state index in [0.29, 0.717) is 25.3 Å². The number of halogens is 1. The third kappa shape index (κ3) is 4.11. The van der Waals surface area contributed by atoms with E-state index in [-0.39, 0.29) is 6.61 Å². The summed E-state index contributed by atoms with van der Waals surface area (Å²) in [6.45, 7) is 1.71. The lowest BCUT2D eigenvalue weighted by Crippen LogP contribution is -2.30. The first kappa shape index (κ1) is 14.2. The Morgan fingerprint density at radius 2 is 2.24 bits per heavy atom. The van der Waals surface area contributed by atoms with E-state index in [9.17, 15) is 4.79 Å². The summed E-state index contributed by atoms with van der Waals surface area (Å²) in [5, 5.41) is 9.04. The van der Waals surface area contributed by atoms with Gasteiger partial charge in [0, 0.05) is 35.9 Å². The number of aliphatic hydroxyl groups excluding tert-OH is 1. The minimum atomic E-state index is 0.0398. The lowest BCUT2D eigenvalue weighted by atomic mass is 10.1. The number of carbonyl (C=O) groups excluding carboxylic acids is 1. The molecule has 0 atom stereocenters. The van der Waals surface area contributed by atoms with Crippen molar-refractivity contribution in [3.63, 3.8) is 0 Å². The first-order valence-electron chi connectivity index (χ1n) is 5.32. The van der Waals surface area contributed by atoms with Crippen LogP contribution in [0.1, 0.15) is 10.4 Å². The number of nitrogens with zero attached hydrogens (tertiary/aromatic N) is 1. The Morgan fingerprint density at radius 3 is 2.82 bits per heavy atom. The number of aldehydes is 1. The van der Waals surface area contributed by atoms with Gasteiger partial charge < -0.3 is 14.7 Å². The Kier molecular flexibility index (Phi) is 6.18. The second-order valence-corrected chi connectivity index (χ2v) is 4.44. The number of hydrogen-bond acceptors (Lipinski definition) is 4. The first-order chi connectivity index (χ1) is 8.22. The molecule has 0 heterocycles. The molecule has 0 unspecified atom stereocenters. The molecule has 0 bridgehead atoms. The molecule has 0 aliphatic carbocycles. The van der Waals surface area contributed by atoms with Gasteiger partial charge in [-0.05, 0) is 18.2 Å². The van der Waals surface area contributed by atoms with Crippen LogP contribution in [0, 0.1) is 0 Å². The normalized spacial score (nSPS) is 10.3. The molecule has 1 aromatic rings. The summed E-state index contributed by atoms with van der Waals surface area (Å²) in [6, 6.07) is 5.50. The predicted octanol–water partition coefficient (Wildman–Crippen LogP) is 1.71. The van der Waals surface area contributed by atoms with E-state index >= 15 is 0 Å². The van der Waals surface area contributed by atoms with Crippen LogP contribution in [0.3, 0.4) is 0 Å². The number of carbonyl (C=O) groups is 1. The van der Waals surface area contributed by atoms with Gasteiger partial charge in [-0.2, -0.15) is 0 Å². The van der Waals surface area contributed by atoms with Crippen LogP contribution >= 0.6 is 15.9 Å². The summed E-state index contributed by atoms with van der Waals surface area (Å²) in [5.74, 6) is 0. The molecule has 1 aromatic carbocycles. The zero-order valence-electron chi connectivity index (χ0n) is 9.73. The van der Waals surface area contributed by atoms with Gasteiger partial charge in [0.2, 0.25) is 0 Å². The number of benzene rings is 1. The Bertz CT molecular complexity index is 371. The molecule has 0 amide bonds.